The molecule has 3 aromatic carbocycles. The number of phenols is 1. The molecule has 6 rings (SSSR count). The molecule has 8 nitrogen and oxygen atoms in total. The van der Waals surface area contributed by atoms with E-state index < -0.39 is 11.7 Å². The molecule has 224 valence electrons. The molecule has 2 saturated heterocycles. The number of aryl methyl sites for hydroxylation is 1. The Labute approximate surface area is 253 Å². The van der Waals surface area contributed by atoms with Crippen LogP contribution in [0, 0.1) is 5.82 Å². The third-order valence-corrected chi connectivity index (χ3v) is 10.2. The first kappa shape index (κ1) is 29.0. The van der Waals surface area contributed by atoms with Crippen LogP contribution in [0.25, 0.3) is 11.1 Å². The fourth-order valence-corrected chi connectivity index (χ4v) is 8.03. The number of halogens is 1. The molecular weight excluding hydrogens is 569 g/mol. The lowest BCUT2D eigenvalue weighted by atomic mass is 9.89. The van der Waals surface area contributed by atoms with Crippen LogP contribution >= 0.6 is 11.8 Å². The van der Waals surface area contributed by atoms with Crippen LogP contribution < -0.4 is 20.7 Å². The number of anilines is 1. The topological polar surface area (TPSA) is 117 Å². The molecule has 0 bridgehead atoms. The number of thioether (sulfide) groups is 1. The maximum absolute atomic E-state index is 14.3. The first-order valence-electron chi connectivity index (χ1n) is 14.6. The van der Waals surface area contributed by atoms with Crippen molar-refractivity contribution in [3.05, 3.63) is 77.1 Å². The summed E-state index contributed by atoms with van der Waals surface area (Å²) in [6.07, 6.45) is 3.92. The number of hydrogen-bond acceptors (Lipinski definition) is 6. The zero-order valence-electron chi connectivity index (χ0n) is 23.8. The molecule has 3 aliphatic rings. The van der Waals surface area contributed by atoms with Crippen molar-refractivity contribution in [1.29, 1.82) is 0 Å². The fraction of sp³-hybridized carbons (Fsp3) is 0.364. The maximum Gasteiger partial charge on any atom is 0.315 e. The van der Waals surface area contributed by atoms with Gasteiger partial charge in [-0.3, -0.25) is 9.59 Å². The van der Waals surface area contributed by atoms with E-state index in [-0.39, 0.29) is 53.2 Å². The van der Waals surface area contributed by atoms with Crippen molar-refractivity contribution >= 4 is 35.2 Å². The van der Waals surface area contributed by atoms with Crippen molar-refractivity contribution < 1.29 is 28.6 Å². The number of amides is 3. The molecule has 0 spiro atoms. The molecule has 2 aliphatic heterocycles. The van der Waals surface area contributed by atoms with Gasteiger partial charge in [-0.05, 0) is 72.7 Å². The average Bonchev–Trinajstić information content (AvgIpc) is 3.70. The molecule has 1 aliphatic carbocycles. The molecule has 0 saturated carbocycles. The summed E-state index contributed by atoms with van der Waals surface area (Å²) in [5.74, 6) is -0.482. The summed E-state index contributed by atoms with van der Waals surface area (Å²) in [6.45, 7) is 0. The van der Waals surface area contributed by atoms with Gasteiger partial charge < -0.3 is 25.8 Å². The van der Waals surface area contributed by atoms with E-state index in [1.807, 2.05) is 36.0 Å². The van der Waals surface area contributed by atoms with E-state index in [4.69, 9.17) is 4.74 Å². The Morgan fingerprint density at radius 2 is 1.95 bits per heavy atom. The summed E-state index contributed by atoms with van der Waals surface area (Å²) in [4.78, 5) is 38.6. The minimum absolute atomic E-state index is 0.0702. The molecule has 4 N–H and O–H groups in total. The van der Waals surface area contributed by atoms with Crippen LogP contribution in [0.2, 0.25) is 0 Å². The predicted octanol–water partition coefficient (Wildman–Crippen LogP) is 5.78. The van der Waals surface area contributed by atoms with Crippen LogP contribution in [0.5, 0.6) is 11.5 Å². The SMILES string of the molecule is COc1ccc(F)cc1-c1cc(NC(=O)CCCC[C@@H]2SC[C@@H]3NC(=O)N[C@@H]32)c(O)c(C(=O)C2CCc3ccccc32)c1. The minimum atomic E-state index is -0.480. The van der Waals surface area contributed by atoms with Crippen molar-refractivity contribution in [2.75, 3.05) is 18.2 Å². The number of ether oxygens (including phenoxy) is 1. The van der Waals surface area contributed by atoms with Gasteiger partial charge in [0.2, 0.25) is 5.91 Å². The van der Waals surface area contributed by atoms with E-state index >= 15 is 0 Å². The van der Waals surface area contributed by atoms with Gasteiger partial charge in [-0.25, -0.2) is 9.18 Å². The monoisotopic (exact) mass is 603 g/mol. The van der Waals surface area contributed by atoms with Crippen LogP contribution in [0.4, 0.5) is 14.9 Å². The van der Waals surface area contributed by atoms with Crippen molar-refractivity contribution in [3.63, 3.8) is 0 Å². The van der Waals surface area contributed by atoms with Crippen LogP contribution in [0.15, 0.2) is 54.6 Å². The van der Waals surface area contributed by atoms with Crippen LogP contribution in [0.3, 0.4) is 0 Å². The number of urea groups is 1. The molecule has 2 heterocycles. The number of ketones is 1. The lowest BCUT2D eigenvalue weighted by Gasteiger charge is -2.18. The quantitative estimate of drug-likeness (QED) is 0.101. The Morgan fingerprint density at radius 3 is 2.79 bits per heavy atom. The molecule has 43 heavy (non-hydrogen) atoms. The predicted molar refractivity (Wildman–Crippen MR) is 164 cm³/mol. The number of Topliss-reactive ketones (excluding diaryl/α,β-unsaturated/α-hetero) is 1. The van der Waals surface area contributed by atoms with Crippen molar-refractivity contribution in [1.82, 2.24) is 10.6 Å². The molecule has 4 atom stereocenters. The lowest BCUT2D eigenvalue weighted by Crippen LogP contribution is -2.36. The first-order valence-corrected chi connectivity index (χ1v) is 15.7. The van der Waals surface area contributed by atoms with Gasteiger partial charge in [-0.1, -0.05) is 30.7 Å². The summed E-state index contributed by atoms with van der Waals surface area (Å²) in [7, 11) is 1.47. The number of nitrogens with one attached hydrogen (secondary N) is 3. The number of methoxy groups -OCH3 is 1. The van der Waals surface area contributed by atoms with Crippen molar-refractivity contribution in [3.8, 4) is 22.6 Å². The fourth-order valence-electron chi connectivity index (χ4n) is 6.48. The van der Waals surface area contributed by atoms with Gasteiger partial charge in [0.15, 0.2) is 5.78 Å². The maximum atomic E-state index is 14.3. The standard InChI is InChI=1S/C33H34FN3O5S/c1-42-27-13-11-20(34)16-23(27)19-14-24(31(39)22-12-10-18-6-2-3-7-21(18)22)32(40)25(15-19)35-29(38)9-5-4-8-28-30-26(17-43-28)36-33(41)37-30/h2-3,6-7,11,13-16,22,26,28,30,40H,4-5,8-10,12,17H2,1H3,(H,35,38)(H2,36,37,41)/t22?,26-,28-,30-/m0/s1. The Morgan fingerprint density at radius 1 is 1.12 bits per heavy atom. The summed E-state index contributed by atoms with van der Waals surface area (Å²) in [5.41, 5.74) is 3.05. The summed E-state index contributed by atoms with van der Waals surface area (Å²) in [6, 6.07) is 15.1. The van der Waals surface area contributed by atoms with Crippen molar-refractivity contribution in [2.24, 2.45) is 0 Å². The third-order valence-electron chi connectivity index (χ3n) is 8.65. The highest BCUT2D eigenvalue weighted by Crippen LogP contribution is 2.42. The lowest BCUT2D eigenvalue weighted by molar-refractivity contribution is -0.116. The molecule has 0 aromatic heterocycles. The minimum Gasteiger partial charge on any atom is -0.505 e. The molecule has 3 amide bonds. The van der Waals surface area contributed by atoms with Gasteiger partial charge in [0.1, 0.15) is 17.3 Å². The smallest absolute Gasteiger partial charge is 0.315 e. The van der Waals surface area contributed by atoms with E-state index in [2.05, 4.69) is 16.0 Å². The highest BCUT2D eigenvalue weighted by Gasteiger charge is 2.42. The average molecular weight is 604 g/mol. The van der Waals surface area contributed by atoms with E-state index in [0.29, 0.717) is 35.0 Å². The first-order chi connectivity index (χ1) is 20.8. The number of carbonyl (C=O) groups is 3. The zero-order chi connectivity index (χ0) is 30.1. The van der Waals surface area contributed by atoms with Gasteiger partial charge in [-0.15, -0.1) is 0 Å². The second kappa shape index (κ2) is 12.3. The third kappa shape index (κ3) is 5.93. The number of aromatic hydroxyl groups is 1. The number of fused-ring (bicyclic) bond motifs is 2. The van der Waals surface area contributed by atoms with Crippen LogP contribution in [0.1, 0.15) is 59.5 Å². The van der Waals surface area contributed by atoms with Crippen LogP contribution in [-0.2, 0) is 11.2 Å². The Kier molecular flexibility index (Phi) is 8.30. The Hall–Kier alpha value is -4.05. The molecule has 2 fully saturated rings. The highest BCUT2D eigenvalue weighted by atomic mass is 32.2. The van der Waals surface area contributed by atoms with Gasteiger partial charge in [0.25, 0.3) is 0 Å². The number of carbonyl (C=O) groups excluding carboxylic acids is 3. The normalized spacial score (nSPS) is 22.0. The summed E-state index contributed by atoms with van der Waals surface area (Å²) < 4.78 is 19.8. The van der Waals surface area contributed by atoms with E-state index in [0.717, 1.165) is 36.1 Å². The highest BCUT2D eigenvalue weighted by molar-refractivity contribution is 8.00. The van der Waals surface area contributed by atoms with Crippen LogP contribution in [-0.4, -0.2) is 53.0 Å². The van der Waals surface area contributed by atoms with E-state index in [1.165, 1.54) is 25.3 Å². The Bertz CT molecular complexity index is 1580. The van der Waals surface area contributed by atoms with Crippen molar-refractivity contribution in [2.45, 2.75) is 61.8 Å². The number of rotatable bonds is 10. The molecule has 10 heteroatoms. The van der Waals surface area contributed by atoms with Gasteiger partial charge >= 0.3 is 6.03 Å². The molecule has 0 radical (unpaired) electrons. The number of phenolic OH excluding ortho intramolecular Hbond substituents is 1. The van der Waals surface area contributed by atoms with E-state index in [9.17, 15) is 23.9 Å². The van der Waals surface area contributed by atoms with E-state index in [1.54, 1.807) is 12.1 Å². The number of unbranched alkanes of at least 4 members (excludes halogenated alkanes) is 1. The number of hydrogen-bond donors (Lipinski definition) is 4. The molecule has 1 unspecified atom stereocenters. The summed E-state index contributed by atoms with van der Waals surface area (Å²) >= 11 is 1.83. The largest absolute Gasteiger partial charge is 0.505 e. The second-order valence-corrected chi connectivity index (χ2v) is 12.6. The Balaban J connectivity index is 1.21. The second-order valence-electron chi connectivity index (χ2n) is 11.3. The zero-order valence-corrected chi connectivity index (χ0v) is 24.6. The molecular formula is C33H34FN3O5S. The summed E-state index contributed by atoms with van der Waals surface area (Å²) in [5, 5.41) is 20.3. The van der Waals surface area contributed by atoms with Gasteiger partial charge in [-0.2, -0.15) is 11.8 Å². The number of benzene rings is 3. The van der Waals surface area contributed by atoms with Gasteiger partial charge in [0.05, 0.1) is 30.4 Å². The van der Waals surface area contributed by atoms with Gasteiger partial charge in [0, 0.05) is 28.9 Å². The molecule has 3 aromatic rings.